The van der Waals surface area contributed by atoms with Crippen LogP contribution in [0.1, 0.15) is 36.8 Å². The van der Waals surface area contributed by atoms with Gasteiger partial charge in [0.25, 0.3) is 16.5 Å². The highest BCUT2D eigenvalue weighted by atomic mass is 32.3. The first kappa shape index (κ1) is 28.2. The molecule has 41 heavy (non-hydrogen) atoms. The molecule has 2 atom stereocenters. The van der Waals surface area contributed by atoms with Crippen LogP contribution in [-0.2, 0) is 26.1 Å². The SMILES string of the molecule is C=S(=O)(F)Oc1ccc(OC(Oc2ccc(OS(=O)(=O)F)cc2)c2ccc3c(c2)C(C)(C)c2ccccc2O3)cc1. The lowest BCUT2D eigenvalue weighted by atomic mass is 9.75. The maximum atomic E-state index is 13.3. The standard InChI is InChI=1S/C29H24F2O8S2/c1-29(2)24-6-4-5-7-26(24)37-27-17-8-19(18-25(27)29)28(35-20-9-13-22(14-10-20)38-40(3,30)32)36-21-11-15-23(16-12-21)39-41(31,33)34/h4-18,28H,3H2,1-2H3. The van der Waals surface area contributed by atoms with Gasteiger partial charge in [0, 0.05) is 28.0 Å². The van der Waals surface area contributed by atoms with E-state index >= 15 is 0 Å². The van der Waals surface area contributed by atoms with Crippen LogP contribution in [0.25, 0.3) is 0 Å². The lowest BCUT2D eigenvalue weighted by Crippen LogP contribution is -2.25. The molecule has 0 amide bonds. The minimum absolute atomic E-state index is 0.0120. The summed E-state index contributed by atoms with van der Waals surface area (Å²) in [6.45, 7) is 4.16. The number of rotatable bonds is 9. The Kier molecular flexibility index (Phi) is 7.30. The Morgan fingerprint density at radius 1 is 0.707 bits per heavy atom. The number of hydrogen-bond donors (Lipinski definition) is 0. The van der Waals surface area contributed by atoms with Gasteiger partial charge in [0.2, 0.25) is 0 Å². The highest BCUT2D eigenvalue weighted by Gasteiger charge is 2.35. The van der Waals surface area contributed by atoms with Gasteiger partial charge in [-0.1, -0.05) is 35.9 Å². The van der Waals surface area contributed by atoms with Crippen molar-refractivity contribution < 1.29 is 43.0 Å². The summed E-state index contributed by atoms with van der Waals surface area (Å²) < 4.78 is 86.4. The fraction of sp³-hybridized carbons (Fsp3) is 0.138. The zero-order valence-electron chi connectivity index (χ0n) is 21.8. The van der Waals surface area contributed by atoms with E-state index in [0.717, 1.165) is 16.9 Å². The van der Waals surface area contributed by atoms with Crippen LogP contribution in [-0.4, -0.2) is 18.5 Å². The number of benzene rings is 4. The average Bonchev–Trinajstić information content (AvgIpc) is 2.89. The van der Waals surface area contributed by atoms with Crippen molar-refractivity contribution >= 4 is 26.6 Å². The van der Waals surface area contributed by atoms with Crippen LogP contribution in [0.4, 0.5) is 7.77 Å². The first-order chi connectivity index (χ1) is 19.3. The Hall–Kier alpha value is -4.29. The maximum Gasteiger partial charge on any atom is 0.488 e. The molecule has 0 bridgehead atoms. The second-order valence-corrected chi connectivity index (χ2v) is 11.8. The van der Waals surface area contributed by atoms with E-state index in [0.29, 0.717) is 17.1 Å². The zero-order valence-corrected chi connectivity index (χ0v) is 23.4. The fourth-order valence-electron chi connectivity index (χ4n) is 4.42. The molecule has 0 radical (unpaired) electrons. The van der Waals surface area contributed by atoms with Gasteiger partial charge in [0.1, 0.15) is 34.5 Å². The minimum atomic E-state index is -5.19. The first-order valence-corrected chi connectivity index (χ1v) is 15.0. The molecule has 12 heteroatoms. The Labute approximate surface area is 237 Å². The van der Waals surface area contributed by atoms with Crippen LogP contribution >= 0.6 is 0 Å². The summed E-state index contributed by atoms with van der Waals surface area (Å²) >= 11 is 0. The lowest BCUT2D eigenvalue weighted by molar-refractivity contribution is 0.00363. The van der Waals surface area contributed by atoms with Gasteiger partial charge in [-0.3, -0.25) is 0 Å². The number of ether oxygens (including phenoxy) is 3. The summed E-state index contributed by atoms with van der Waals surface area (Å²) in [6, 6.07) is 24.2. The molecule has 8 nitrogen and oxygen atoms in total. The molecule has 0 aromatic heterocycles. The third-order valence-electron chi connectivity index (χ3n) is 6.28. The number of para-hydroxylation sites is 1. The van der Waals surface area contributed by atoms with Gasteiger partial charge >= 0.3 is 10.5 Å². The summed E-state index contributed by atoms with van der Waals surface area (Å²) in [5.74, 6) is 4.57. The molecule has 0 aliphatic carbocycles. The van der Waals surface area contributed by atoms with Crippen LogP contribution in [0.15, 0.2) is 91.0 Å². The van der Waals surface area contributed by atoms with E-state index in [-0.39, 0.29) is 17.2 Å². The summed E-state index contributed by atoms with van der Waals surface area (Å²) in [5.41, 5.74) is 2.08. The Bertz CT molecular complexity index is 1710. The molecule has 0 saturated heterocycles. The molecular formula is C29H24F2O8S2. The number of hydrogen-bond acceptors (Lipinski definition) is 8. The first-order valence-electron chi connectivity index (χ1n) is 12.1. The van der Waals surface area contributed by atoms with Crippen LogP contribution in [0.3, 0.4) is 0 Å². The van der Waals surface area contributed by atoms with Gasteiger partial charge in [-0.2, -0.15) is 12.6 Å². The Morgan fingerprint density at radius 3 is 1.78 bits per heavy atom. The largest absolute Gasteiger partial charge is 0.488 e. The van der Waals surface area contributed by atoms with E-state index < -0.39 is 32.4 Å². The topological polar surface area (TPSA) is 97.4 Å². The maximum absolute atomic E-state index is 13.3. The Morgan fingerprint density at radius 2 is 1.22 bits per heavy atom. The molecule has 5 rings (SSSR count). The van der Waals surface area contributed by atoms with Crippen LogP contribution < -0.4 is 22.6 Å². The van der Waals surface area contributed by atoms with E-state index in [1.54, 1.807) is 6.07 Å². The van der Waals surface area contributed by atoms with Crippen LogP contribution in [0.2, 0.25) is 0 Å². The molecule has 1 heterocycles. The van der Waals surface area contributed by atoms with Gasteiger partial charge < -0.3 is 22.6 Å². The van der Waals surface area contributed by atoms with E-state index in [2.05, 4.69) is 28.1 Å². The van der Waals surface area contributed by atoms with Crippen molar-refractivity contribution in [3.05, 3.63) is 108 Å². The molecule has 0 fully saturated rings. The van der Waals surface area contributed by atoms with Gasteiger partial charge in [-0.05, 0) is 72.8 Å². The quantitative estimate of drug-likeness (QED) is 0.118. The Balaban J connectivity index is 1.48. The predicted molar refractivity (Wildman–Crippen MR) is 150 cm³/mol. The third kappa shape index (κ3) is 6.72. The van der Waals surface area contributed by atoms with Crippen molar-refractivity contribution in [2.24, 2.45) is 0 Å². The van der Waals surface area contributed by atoms with Crippen LogP contribution in [0, 0.1) is 0 Å². The van der Waals surface area contributed by atoms with E-state index in [1.165, 1.54) is 48.5 Å². The summed E-state index contributed by atoms with van der Waals surface area (Å²) in [4.78, 5) is 0. The number of halogens is 2. The summed E-state index contributed by atoms with van der Waals surface area (Å²) in [7, 11) is -9.39. The fourth-order valence-corrected chi connectivity index (χ4v) is 5.16. The molecule has 2 unspecified atom stereocenters. The highest BCUT2D eigenvalue weighted by molar-refractivity contribution is 7.91. The highest BCUT2D eigenvalue weighted by Crippen LogP contribution is 2.48. The monoisotopic (exact) mass is 602 g/mol. The van der Waals surface area contributed by atoms with Crippen molar-refractivity contribution in [3.63, 3.8) is 0 Å². The molecule has 0 N–H and O–H groups in total. The molecule has 1 aliphatic heterocycles. The molecule has 214 valence electrons. The number of fused-ring (bicyclic) bond motifs is 2. The molecule has 4 aromatic carbocycles. The zero-order chi connectivity index (χ0) is 29.4. The van der Waals surface area contributed by atoms with Crippen LogP contribution in [0.5, 0.6) is 34.5 Å². The normalized spacial score (nSPS) is 15.7. The summed E-state index contributed by atoms with van der Waals surface area (Å²) in [6.07, 6.45) is -1.05. The predicted octanol–water partition coefficient (Wildman–Crippen LogP) is 6.76. The molecule has 1 aliphatic rings. The lowest BCUT2D eigenvalue weighted by Gasteiger charge is -2.35. The van der Waals surface area contributed by atoms with E-state index in [1.807, 2.05) is 36.4 Å². The van der Waals surface area contributed by atoms with Crippen molar-refractivity contribution in [3.8, 4) is 34.5 Å². The van der Waals surface area contributed by atoms with Crippen molar-refractivity contribution in [2.75, 3.05) is 0 Å². The van der Waals surface area contributed by atoms with E-state index in [4.69, 9.17) is 14.2 Å². The molecule has 4 aromatic rings. The van der Waals surface area contributed by atoms with Gasteiger partial charge in [0.15, 0.2) is 0 Å². The van der Waals surface area contributed by atoms with Crippen molar-refractivity contribution in [2.45, 2.75) is 25.6 Å². The van der Waals surface area contributed by atoms with E-state index in [9.17, 15) is 20.4 Å². The molecule has 0 saturated carbocycles. The second-order valence-electron chi connectivity index (χ2n) is 9.59. The smallest absolute Gasteiger partial charge is 0.457 e. The van der Waals surface area contributed by atoms with Crippen molar-refractivity contribution in [1.29, 1.82) is 0 Å². The molecule has 0 spiro atoms. The van der Waals surface area contributed by atoms with Gasteiger partial charge in [0.05, 0.1) is 0 Å². The average molecular weight is 603 g/mol. The molecular weight excluding hydrogens is 578 g/mol. The minimum Gasteiger partial charge on any atom is -0.457 e. The van der Waals surface area contributed by atoms with Gasteiger partial charge in [-0.15, -0.1) is 3.89 Å². The van der Waals surface area contributed by atoms with Gasteiger partial charge in [-0.25, -0.2) is 0 Å². The van der Waals surface area contributed by atoms with Crippen molar-refractivity contribution in [1.82, 2.24) is 0 Å². The third-order valence-corrected chi connectivity index (χ3v) is 7.11. The summed E-state index contributed by atoms with van der Waals surface area (Å²) in [5, 5.41) is 0. The second kappa shape index (κ2) is 10.6.